The van der Waals surface area contributed by atoms with E-state index in [1.807, 2.05) is 30.9 Å². The lowest BCUT2D eigenvalue weighted by Gasteiger charge is -2.35. The van der Waals surface area contributed by atoms with Gasteiger partial charge in [-0.1, -0.05) is 0 Å². The van der Waals surface area contributed by atoms with Crippen LogP contribution in [0.15, 0.2) is 36.7 Å². The average Bonchev–Trinajstić information content (AvgIpc) is 3.75. The van der Waals surface area contributed by atoms with Crippen LogP contribution >= 0.6 is 0 Å². The van der Waals surface area contributed by atoms with Gasteiger partial charge in [-0.15, -0.1) is 0 Å². The van der Waals surface area contributed by atoms with E-state index in [0.29, 0.717) is 30.2 Å². The topological polar surface area (TPSA) is 81.7 Å². The zero-order valence-corrected chi connectivity index (χ0v) is 22.3. The Bertz CT molecular complexity index is 1310. The molecule has 1 saturated heterocycles. The van der Waals surface area contributed by atoms with Gasteiger partial charge in [0.05, 0.1) is 30.3 Å². The maximum atomic E-state index is 15.0. The number of aromatic nitrogens is 3. The van der Waals surface area contributed by atoms with Gasteiger partial charge < -0.3 is 25.3 Å². The van der Waals surface area contributed by atoms with Crippen LogP contribution in [0.2, 0.25) is 0 Å². The number of nitrogens with one attached hydrogen (secondary N) is 2. The summed E-state index contributed by atoms with van der Waals surface area (Å²) in [6, 6.07) is 6.85. The molecule has 6 rings (SSSR count). The molecule has 3 aliphatic rings. The minimum atomic E-state index is -0.641. The lowest BCUT2D eigenvalue weighted by molar-refractivity contribution is 0.148. The van der Waals surface area contributed by atoms with E-state index in [2.05, 4.69) is 35.6 Å². The van der Waals surface area contributed by atoms with Gasteiger partial charge >= 0.3 is 0 Å². The molecule has 0 radical (unpaired) electrons. The number of nitrogens with zero attached hydrogens (tertiary/aromatic N) is 6. The Hall–Kier alpha value is -3.57. The Kier molecular flexibility index (Phi) is 7.18. The van der Waals surface area contributed by atoms with Gasteiger partial charge in [-0.05, 0) is 56.9 Å². The Morgan fingerprint density at radius 3 is 2.54 bits per heavy atom. The first-order chi connectivity index (χ1) is 18.9. The van der Waals surface area contributed by atoms with Crippen LogP contribution in [0, 0.1) is 17.6 Å². The normalized spacial score (nSPS) is 18.1. The van der Waals surface area contributed by atoms with Crippen molar-refractivity contribution in [3.63, 3.8) is 0 Å². The van der Waals surface area contributed by atoms with Crippen molar-refractivity contribution in [3.8, 4) is 17.0 Å². The third-order valence-electron chi connectivity index (χ3n) is 7.43. The van der Waals surface area contributed by atoms with Crippen LogP contribution in [0.5, 0.6) is 5.75 Å². The first-order valence-electron chi connectivity index (χ1n) is 13.7. The van der Waals surface area contributed by atoms with Crippen LogP contribution in [0.3, 0.4) is 0 Å². The van der Waals surface area contributed by atoms with Crippen molar-refractivity contribution in [3.05, 3.63) is 48.3 Å². The van der Waals surface area contributed by atoms with E-state index in [9.17, 15) is 8.78 Å². The molecule has 0 atom stereocenters. The number of rotatable bonds is 8. The van der Waals surface area contributed by atoms with Gasteiger partial charge in [0.15, 0.2) is 17.4 Å². The van der Waals surface area contributed by atoms with Crippen molar-refractivity contribution >= 4 is 23.1 Å². The smallest absolute Gasteiger partial charge is 0.229 e. The fourth-order valence-corrected chi connectivity index (χ4v) is 5.14. The predicted molar refractivity (Wildman–Crippen MR) is 147 cm³/mol. The van der Waals surface area contributed by atoms with Crippen LogP contribution in [0.1, 0.15) is 26.7 Å². The second-order valence-corrected chi connectivity index (χ2v) is 10.7. The van der Waals surface area contributed by atoms with Crippen LogP contribution < -0.4 is 20.4 Å². The maximum Gasteiger partial charge on any atom is 0.229 e. The Morgan fingerprint density at radius 2 is 1.82 bits per heavy atom. The maximum absolute atomic E-state index is 15.0. The zero-order chi connectivity index (χ0) is 26.9. The minimum absolute atomic E-state index is 0.00240. The van der Waals surface area contributed by atoms with Crippen molar-refractivity contribution in [2.24, 2.45) is 5.92 Å². The first-order valence-corrected chi connectivity index (χ1v) is 13.7. The number of benzene rings is 1. The van der Waals surface area contributed by atoms with E-state index in [0.717, 1.165) is 44.0 Å². The summed E-state index contributed by atoms with van der Waals surface area (Å²) in [7, 11) is 0. The van der Waals surface area contributed by atoms with E-state index in [-0.39, 0.29) is 23.4 Å². The summed E-state index contributed by atoms with van der Waals surface area (Å²) in [4.78, 5) is 17.5. The molecular weight excluding hydrogens is 502 g/mol. The van der Waals surface area contributed by atoms with E-state index < -0.39 is 11.6 Å². The van der Waals surface area contributed by atoms with Crippen molar-refractivity contribution in [1.82, 2.24) is 24.9 Å². The summed E-state index contributed by atoms with van der Waals surface area (Å²) in [5.74, 6) is 0.597. The Labute approximate surface area is 227 Å². The van der Waals surface area contributed by atoms with E-state index in [1.54, 1.807) is 12.3 Å². The standard InChI is InChI=1S/C28H34F2N8O/c1-18(2)38-11-12-39-27-22(29)13-20(14-24(27)38)26-23(30)16-32-28(34-26)33-25-6-5-21(15-31-25)35-37-9-7-36(8-10-37)17-19-3-4-19/h5-6,13-16,18-19,35H,3-4,7-12,17H2,1-2H3,(H,31,32,33,34). The molecule has 0 bridgehead atoms. The number of hydrogen-bond acceptors (Lipinski definition) is 9. The zero-order valence-electron chi connectivity index (χ0n) is 22.3. The summed E-state index contributed by atoms with van der Waals surface area (Å²) < 4.78 is 35.3. The number of hydrogen-bond donors (Lipinski definition) is 2. The summed E-state index contributed by atoms with van der Waals surface area (Å²) in [6.45, 7) is 10.4. The number of piperazine rings is 1. The minimum Gasteiger partial charge on any atom is -0.486 e. The quantitative estimate of drug-likeness (QED) is 0.432. The summed E-state index contributed by atoms with van der Waals surface area (Å²) in [5, 5.41) is 5.24. The molecule has 0 amide bonds. The fraction of sp³-hybridized carbons (Fsp3) is 0.464. The largest absolute Gasteiger partial charge is 0.486 e. The third kappa shape index (κ3) is 5.89. The lowest BCUT2D eigenvalue weighted by Crippen LogP contribution is -2.49. The third-order valence-corrected chi connectivity index (χ3v) is 7.43. The van der Waals surface area contributed by atoms with Crippen molar-refractivity contribution < 1.29 is 13.5 Å². The molecule has 0 unspecified atom stereocenters. The van der Waals surface area contributed by atoms with Crippen molar-refractivity contribution in [2.75, 3.05) is 61.5 Å². The van der Waals surface area contributed by atoms with Crippen molar-refractivity contribution in [2.45, 2.75) is 32.7 Å². The number of fused-ring (bicyclic) bond motifs is 1. The number of ether oxygens (including phenoxy) is 1. The highest BCUT2D eigenvalue weighted by atomic mass is 19.1. The average molecular weight is 537 g/mol. The summed E-state index contributed by atoms with van der Waals surface area (Å²) in [5.41, 5.74) is 5.22. The molecule has 2 aromatic heterocycles. The van der Waals surface area contributed by atoms with Gasteiger partial charge in [-0.3, -0.25) is 0 Å². The van der Waals surface area contributed by atoms with Gasteiger partial charge in [0, 0.05) is 44.3 Å². The highest BCUT2D eigenvalue weighted by Crippen LogP contribution is 2.39. The van der Waals surface area contributed by atoms with Crippen LogP contribution in [-0.2, 0) is 0 Å². The van der Waals surface area contributed by atoms with Crippen molar-refractivity contribution in [1.29, 1.82) is 0 Å². The number of pyridine rings is 1. The number of anilines is 4. The van der Waals surface area contributed by atoms with Gasteiger partial charge in [0.25, 0.3) is 0 Å². The SMILES string of the molecule is CC(C)N1CCOc2c(F)cc(-c3nc(Nc4ccc(NN5CCN(CC6CC6)CC5)cn4)ncc3F)cc21. The molecule has 1 aliphatic carbocycles. The summed E-state index contributed by atoms with van der Waals surface area (Å²) in [6.07, 6.45) is 5.59. The van der Waals surface area contributed by atoms with Crippen LogP contribution in [0.4, 0.5) is 31.9 Å². The second kappa shape index (κ2) is 10.9. The molecule has 39 heavy (non-hydrogen) atoms. The molecule has 0 spiro atoms. The molecule has 1 aromatic carbocycles. The number of hydrazine groups is 1. The molecule has 9 nitrogen and oxygen atoms in total. The Balaban J connectivity index is 1.13. The molecule has 4 heterocycles. The molecule has 2 aliphatic heterocycles. The van der Waals surface area contributed by atoms with E-state index in [4.69, 9.17) is 4.74 Å². The number of halogens is 2. The van der Waals surface area contributed by atoms with Gasteiger partial charge in [0.1, 0.15) is 18.1 Å². The second-order valence-electron chi connectivity index (χ2n) is 10.7. The predicted octanol–water partition coefficient (Wildman–Crippen LogP) is 4.52. The van der Waals surface area contributed by atoms with Gasteiger partial charge in [-0.2, -0.15) is 0 Å². The van der Waals surface area contributed by atoms with E-state index in [1.165, 1.54) is 25.5 Å². The molecule has 2 fully saturated rings. The highest BCUT2D eigenvalue weighted by molar-refractivity contribution is 5.73. The van der Waals surface area contributed by atoms with E-state index >= 15 is 0 Å². The van der Waals surface area contributed by atoms with Crippen LogP contribution in [0.25, 0.3) is 11.3 Å². The lowest BCUT2D eigenvalue weighted by atomic mass is 10.1. The molecule has 206 valence electrons. The molecule has 2 N–H and O–H groups in total. The molecule has 11 heteroatoms. The van der Waals surface area contributed by atoms with Gasteiger partial charge in [0.2, 0.25) is 5.95 Å². The monoisotopic (exact) mass is 536 g/mol. The first kappa shape index (κ1) is 25.7. The molecule has 1 saturated carbocycles. The fourth-order valence-electron chi connectivity index (χ4n) is 5.14. The highest BCUT2D eigenvalue weighted by Gasteiger charge is 2.27. The van der Waals surface area contributed by atoms with Crippen LogP contribution in [-0.4, -0.2) is 76.8 Å². The molecular formula is C28H34F2N8O. The molecule has 3 aromatic rings. The Morgan fingerprint density at radius 1 is 1.00 bits per heavy atom. The summed E-state index contributed by atoms with van der Waals surface area (Å²) >= 11 is 0. The van der Waals surface area contributed by atoms with Gasteiger partial charge in [-0.25, -0.2) is 28.7 Å².